The first-order valence-corrected chi connectivity index (χ1v) is 7.99. The summed E-state index contributed by atoms with van der Waals surface area (Å²) in [5.41, 5.74) is 2.66. The first-order valence-electron chi connectivity index (χ1n) is 7.99. The highest BCUT2D eigenvalue weighted by molar-refractivity contribution is 5.83. The molecule has 1 aromatic carbocycles. The highest BCUT2D eigenvalue weighted by atomic mass is 19.1. The number of benzene rings is 1. The van der Waals surface area contributed by atoms with Gasteiger partial charge in [-0.2, -0.15) is 5.10 Å². The van der Waals surface area contributed by atoms with Gasteiger partial charge in [-0.1, -0.05) is 18.2 Å². The smallest absolute Gasteiger partial charge is 0.242 e. The molecule has 126 valence electrons. The minimum atomic E-state index is -0.489. The largest absolute Gasteiger partial charge is 0.353 e. The average Bonchev–Trinajstić information content (AvgIpc) is 2.87. The predicted molar refractivity (Wildman–Crippen MR) is 89.7 cm³/mol. The number of carbonyl (C=O) groups excluding carboxylic acids is 1. The van der Waals surface area contributed by atoms with Gasteiger partial charge in [-0.05, 0) is 24.6 Å². The van der Waals surface area contributed by atoms with Crippen molar-refractivity contribution in [1.29, 1.82) is 0 Å². The topological polar surface area (TPSA) is 50.2 Å². The van der Waals surface area contributed by atoms with Gasteiger partial charge in [0.25, 0.3) is 0 Å². The maximum atomic E-state index is 13.6. The molecule has 1 fully saturated rings. The number of nitrogens with zero attached hydrogens (tertiary/aromatic N) is 3. The summed E-state index contributed by atoms with van der Waals surface area (Å²) in [5, 5.41) is 7.32. The van der Waals surface area contributed by atoms with Crippen LogP contribution in [0.25, 0.3) is 0 Å². The van der Waals surface area contributed by atoms with Crippen molar-refractivity contribution in [2.45, 2.75) is 26.1 Å². The predicted octanol–water partition coefficient (Wildman–Crippen LogP) is 2.19. The van der Waals surface area contributed by atoms with Gasteiger partial charge in [0.1, 0.15) is 11.9 Å². The molecule has 24 heavy (non-hydrogen) atoms. The van der Waals surface area contributed by atoms with Gasteiger partial charge in [0, 0.05) is 31.4 Å². The first kappa shape index (κ1) is 16.4. The number of piperazine rings is 1. The van der Waals surface area contributed by atoms with E-state index >= 15 is 0 Å². The van der Waals surface area contributed by atoms with Gasteiger partial charge in [0.15, 0.2) is 0 Å². The van der Waals surface area contributed by atoms with E-state index in [-0.39, 0.29) is 11.7 Å². The van der Waals surface area contributed by atoms with E-state index in [1.54, 1.807) is 18.2 Å². The van der Waals surface area contributed by atoms with Gasteiger partial charge in [-0.25, -0.2) is 4.39 Å². The Morgan fingerprint density at radius 3 is 3.08 bits per heavy atom. The molecule has 1 N–H and O–H groups in total. The Morgan fingerprint density at radius 1 is 1.50 bits per heavy atom. The van der Waals surface area contributed by atoms with E-state index in [4.69, 9.17) is 0 Å². The number of hydrogen-bond donors (Lipinski definition) is 1. The van der Waals surface area contributed by atoms with E-state index < -0.39 is 6.04 Å². The summed E-state index contributed by atoms with van der Waals surface area (Å²) in [6.07, 6.45) is 3.77. The Bertz CT molecular complexity index is 755. The maximum Gasteiger partial charge on any atom is 0.242 e. The standard InChI is InChI=1S/C18H21FN4O/c1-3-8-23-12-15(13(2)21-23)11-22-9-7-20-18(24)17(22)14-5-4-6-16(19)10-14/h3-6,10,12,17H,1,7-9,11H2,2H3,(H,20,24)/t17-/m1/s1. The summed E-state index contributed by atoms with van der Waals surface area (Å²) in [7, 11) is 0. The van der Waals surface area contributed by atoms with Crippen LogP contribution in [0.4, 0.5) is 4.39 Å². The van der Waals surface area contributed by atoms with Crippen molar-refractivity contribution in [2.24, 2.45) is 0 Å². The van der Waals surface area contributed by atoms with Crippen molar-refractivity contribution in [2.75, 3.05) is 13.1 Å². The Morgan fingerprint density at radius 2 is 2.33 bits per heavy atom. The van der Waals surface area contributed by atoms with Gasteiger partial charge in [-0.3, -0.25) is 14.4 Å². The van der Waals surface area contributed by atoms with Crippen LogP contribution in [0, 0.1) is 12.7 Å². The molecule has 0 saturated carbocycles. The number of amides is 1. The van der Waals surface area contributed by atoms with Crippen LogP contribution < -0.4 is 5.32 Å². The first-order chi connectivity index (χ1) is 11.6. The van der Waals surface area contributed by atoms with Crippen LogP contribution in [0.1, 0.15) is 22.9 Å². The van der Waals surface area contributed by atoms with Gasteiger partial charge in [-0.15, -0.1) is 6.58 Å². The number of aromatic nitrogens is 2. The highest BCUT2D eigenvalue weighted by Crippen LogP contribution is 2.26. The fourth-order valence-corrected chi connectivity index (χ4v) is 3.08. The van der Waals surface area contributed by atoms with Gasteiger partial charge < -0.3 is 5.32 Å². The van der Waals surface area contributed by atoms with E-state index in [0.29, 0.717) is 31.7 Å². The van der Waals surface area contributed by atoms with Crippen molar-refractivity contribution < 1.29 is 9.18 Å². The van der Waals surface area contributed by atoms with Crippen LogP contribution in [0.2, 0.25) is 0 Å². The number of hydrogen-bond acceptors (Lipinski definition) is 3. The van der Waals surface area contributed by atoms with Crippen molar-refractivity contribution in [3.63, 3.8) is 0 Å². The molecule has 2 heterocycles. The molecule has 0 radical (unpaired) electrons. The fraction of sp³-hybridized carbons (Fsp3) is 0.333. The van der Waals surface area contributed by atoms with Gasteiger partial charge >= 0.3 is 0 Å². The zero-order valence-corrected chi connectivity index (χ0v) is 13.7. The summed E-state index contributed by atoms with van der Waals surface area (Å²) >= 11 is 0. The fourth-order valence-electron chi connectivity index (χ4n) is 3.08. The van der Waals surface area contributed by atoms with E-state index in [1.807, 2.05) is 17.8 Å². The molecule has 6 heteroatoms. The molecule has 3 rings (SSSR count). The van der Waals surface area contributed by atoms with E-state index in [1.165, 1.54) is 12.1 Å². The Hall–Kier alpha value is -2.47. The number of carbonyl (C=O) groups is 1. The van der Waals surface area contributed by atoms with Crippen LogP contribution in [0.3, 0.4) is 0 Å². The van der Waals surface area contributed by atoms with Crippen LogP contribution >= 0.6 is 0 Å². The zero-order valence-electron chi connectivity index (χ0n) is 13.7. The minimum absolute atomic E-state index is 0.0945. The third-order valence-corrected chi connectivity index (χ3v) is 4.21. The molecule has 2 aromatic rings. The summed E-state index contributed by atoms with van der Waals surface area (Å²) < 4.78 is 15.4. The number of aryl methyl sites for hydroxylation is 1. The molecule has 1 aliphatic heterocycles. The lowest BCUT2D eigenvalue weighted by Gasteiger charge is -2.35. The second-order valence-corrected chi connectivity index (χ2v) is 5.97. The Labute approximate surface area is 140 Å². The third kappa shape index (κ3) is 3.38. The van der Waals surface area contributed by atoms with E-state index in [9.17, 15) is 9.18 Å². The molecule has 1 atom stereocenters. The second-order valence-electron chi connectivity index (χ2n) is 5.97. The summed E-state index contributed by atoms with van der Waals surface area (Å²) in [5.74, 6) is -0.427. The molecule has 1 aromatic heterocycles. The van der Waals surface area contributed by atoms with Gasteiger partial charge in [0.2, 0.25) is 5.91 Å². The van der Waals surface area contributed by atoms with E-state index in [2.05, 4.69) is 21.9 Å². The van der Waals surface area contributed by atoms with Crippen molar-refractivity contribution in [3.05, 3.63) is 65.8 Å². The second kappa shape index (κ2) is 6.97. The number of halogens is 1. The lowest BCUT2D eigenvalue weighted by atomic mass is 10.0. The van der Waals surface area contributed by atoms with E-state index in [0.717, 1.165) is 11.3 Å². The number of allylic oxidation sites excluding steroid dienone is 1. The van der Waals surface area contributed by atoms with Crippen molar-refractivity contribution in [1.82, 2.24) is 20.0 Å². The highest BCUT2D eigenvalue weighted by Gasteiger charge is 2.31. The average molecular weight is 328 g/mol. The van der Waals surface area contributed by atoms with Crippen molar-refractivity contribution >= 4 is 5.91 Å². The lowest BCUT2D eigenvalue weighted by Crippen LogP contribution is -2.49. The summed E-state index contributed by atoms with van der Waals surface area (Å²) in [4.78, 5) is 14.5. The zero-order chi connectivity index (χ0) is 17.1. The van der Waals surface area contributed by atoms with Crippen molar-refractivity contribution in [3.8, 4) is 0 Å². The van der Waals surface area contributed by atoms with Crippen LogP contribution in [-0.2, 0) is 17.9 Å². The monoisotopic (exact) mass is 328 g/mol. The molecule has 0 aliphatic carbocycles. The molecule has 0 spiro atoms. The van der Waals surface area contributed by atoms with Crippen LogP contribution in [0.5, 0.6) is 0 Å². The lowest BCUT2D eigenvalue weighted by molar-refractivity contribution is -0.129. The Kier molecular flexibility index (Phi) is 4.76. The molecular weight excluding hydrogens is 307 g/mol. The third-order valence-electron chi connectivity index (χ3n) is 4.21. The molecule has 1 amide bonds. The quantitative estimate of drug-likeness (QED) is 0.856. The molecule has 5 nitrogen and oxygen atoms in total. The normalized spacial score (nSPS) is 18.4. The van der Waals surface area contributed by atoms with Crippen LogP contribution in [-0.4, -0.2) is 33.7 Å². The minimum Gasteiger partial charge on any atom is -0.353 e. The molecule has 0 bridgehead atoms. The van der Waals surface area contributed by atoms with Gasteiger partial charge in [0.05, 0.1) is 12.2 Å². The molecule has 0 unspecified atom stereocenters. The molecule has 1 aliphatic rings. The number of rotatable bonds is 5. The molecule has 1 saturated heterocycles. The SMILES string of the molecule is C=CCn1cc(CN2CCNC(=O)[C@H]2c2cccc(F)c2)c(C)n1. The maximum absolute atomic E-state index is 13.6. The van der Waals surface area contributed by atoms with Crippen LogP contribution in [0.15, 0.2) is 43.1 Å². The summed E-state index contributed by atoms with van der Waals surface area (Å²) in [6.45, 7) is 8.21. The number of nitrogens with one attached hydrogen (secondary N) is 1. The Balaban J connectivity index is 1.87. The summed E-state index contributed by atoms with van der Waals surface area (Å²) in [6, 6.07) is 5.75. The molecular formula is C18H21FN4O.